The number of piperidine rings is 2. The molecule has 0 amide bonds. The molecular formula is C25H27ClN4. The Kier molecular flexibility index (Phi) is 5.31. The van der Waals surface area contributed by atoms with E-state index in [9.17, 15) is 5.26 Å². The summed E-state index contributed by atoms with van der Waals surface area (Å²) in [6, 6.07) is 15.5. The molecule has 2 aromatic carbocycles. The molecule has 1 atom stereocenters. The number of rotatable bonds is 3. The van der Waals surface area contributed by atoms with Crippen molar-refractivity contribution in [2.45, 2.75) is 38.0 Å². The van der Waals surface area contributed by atoms with Crippen LogP contribution in [0.3, 0.4) is 0 Å². The van der Waals surface area contributed by atoms with Gasteiger partial charge in [0.1, 0.15) is 6.07 Å². The van der Waals surface area contributed by atoms with Crippen molar-refractivity contribution < 1.29 is 0 Å². The van der Waals surface area contributed by atoms with Gasteiger partial charge in [-0.1, -0.05) is 23.7 Å². The topological polar surface area (TPSA) is 46.1 Å². The van der Waals surface area contributed by atoms with E-state index in [1.54, 1.807) is 6.20 Å². The van der Waals surface area contributed by atoms with Crippen molar-refractivity contribution in [2.75, 3.05) is 36.0 Å². The molecular weight excluding hydrogens is 392 g/mol. The van der Waals surface area contributed by atoms with Gasteiger partial charge < -0.3 is 14.8 Å². The zero-order valence-corrected chi connectivity index (χ0v) is 18.0. The molecule has 2 fully saturated rings. The molecule has 0 bridgehead atoms. The first-order chi connectivity index (χ1) is 14.7. The molecule has 3 aromatic rings. The highest BCUT2D eigenvalue weighted by atomic mass is 35.5. The van der Waals surface area contributed by atoms with Crippen molar-refractivity contribution in [1.82, 2.24) is 4.98 Å². The van der Waals surface area contributed by atoms with E-state index in [-0.39, 0.29) is 0 Å². The number of hydrogen-bond acceptors (Lipinski definition) is 3. The third-order valence-electron chi connectivity index (χ3n) is 6.73. The molecule has 3 heterocycles. The Hall–Kier alpha value is -2.64. The van der Waals surface area contributed by atoms with Crippen LogP contribution < -0.4 is 9.80 Å². The van der Waals surface area contributed by atoms with Crippen LogP contribution in [-0.2, 0) is 0 Å². The van der Waals surface area contributed by atoms with E-state index in [1.165, 1.54) is 50.0 Å². The van der Waals surface area contributed by atoms with E-state index in [0.29, 0.717) is 16.5 Å². The zero-order chi connectivity index (χ0) is 20.5. The van der Waals surface area contributed by atoms with Gasteiger partial charge in [0.25, 0.3) is 0 Å². The summed E-state index contributed by atoms with van der Waals surface area (Å²) < 4.78 is 0. The Morgan fingerprint density at radius 2 is 1.70 bits per heavy atom. The van der Waals surface area contributed by atoms with Crippen molar-refractivity contribution in [1.29, 1.82) is 5.26 Å². The van der Waals surface area contributed by atoms with Gasteiger partial charge in [-0.15, -0.1) is 0 Å². The first kappa shape index (κ1) is 19.3. The maximum atomic E-state index is 9.41. The van der Waals surface area contributed by atoms with E-state index in [4.69, 9.17) is 11.6 Å². The lowest BCUT2D eigenvalue weighted by atomic mass is 9.90. The van der Waals surface area contributed by atoms with Crippen molar-refractivity contribution in [2.24, 2.45) is 0 Å². The lowest BCUT2D eigenvalue weighted by Gasteiger charge is -2.35. The number of anilines is 2. The lowest BCUT2D eigenvalue weighted by Crippen LogP contribution is -2.34. The normalized spacial score (nSPS) is 19.8. The number of H-pyrrole nitrogens is 1. The van der Waals surface area contributed by atoms with Crippen molar-refractivity contribution in [3.63, 3.8) is 0 Å². The van der Waals surface area contributed by atoms with E-state index in [1.807, 2.05) is 6.07 Å². The molecule has 2 aliphatic rings. The smallest absolute Gasteiger partial charge is 0.101 e. The number of benzene rings is 2. The quantitative estimate of drug-likeness (QED) is 0.561. The van der Waals surface area contributed by atoms with Crippen LogP contribution in [0.5, 0.6) is 0 Å². The van der Waals surface area contributed by atoms with Crippen LogP contribution in [0.2, 0.25) is 5.02 Å². The second-order valence-electron chi connectivity index (χ2n) is 8.56. The number of halogens is 1. The van der Waals surface area contributed by atoms with Crippen molar-refractivity contribution >= 4 is 33.9 Å². The van der Waals surface area contributed by atoms with Crippen LogP contribution in [0.4, 0.5) is 11.4 Å². The van der Waals surface area contributed by atoms with Gasteiger partial charge in [0.15, 0.2) is 0 Å². The Morgan fingerprint density at radius 1 is 0.933 bits per heavy atom. The number of fused-ring (bicyclic) bond motifs is 1. The summed E-state index contributed by atoms with van der Waals surface area (Å²) in [6.45, 7) is 4.38. The minimum Gasteiger partial charge on any atom is -0.372 e. The molecule has 0 saturated carbocycles. The first-order valence-electron chi connectivity index (χ1n) is 11.0. The van der Waals surface area contributed by atoms with Gasteiger partial charge in [0.2, 0.25) is 0 Å². The van der Waals surface area contributed by atoms with E-state index in [2.05, 4.69) is 51.2 Å². The van der Waals surface area contributed by atoms with Crippen LogP contribution in [0, 0.1) is 11.3 Å². The standard InChI is InChI=1S/C25H27ClN4/c26-22-10-11-23(25-24(22)20(15-27)16-28-25)30-14-4-5-19(17-30)18-6-8-21(9-7-18)29-12-2-1-3-13-29/h6-11,16,19,28H,1-5,12-14,17H2/t19-/m1/s1. The fraction of sp³-hybridized carbons (Fsp3) is 0.400. The predicted octanol–water partition coefficient (Wildman–Crippen LogP) is 6.07. The maximum Gasteiger partial charge on any atom is 0.101 e. The predicted molar refractivity (Wildman–Crippen MR) is 125 cm³/mol. The first-order valence-corrected chi connectivity index (χ1v) is 11.4. The Labute approximate surface area is 183 Å². The molecule has 5 rings (SSSR count). The van der Waals surface area contributed by atoms with Gasteiger partial charge in [-0.25, -0.2) is 0 Å². The summed E-state index contributed by atoms with van der Waals surface area (Å²) in [5.74, 6) is 0.519. The number of aromatic amines is 1. The molecule has 0 aliphatic carbocycles. The zero-order valence-electron chi connectivity index (χ0n) is 17.2. The summed E-state index contributed by atoms with van der Waals surface area (Å²) in [5.41, 5.74) is 5.51. The number of hydrogen-bond donors (Lipinski definition) is 1. The number of aromatic nitrogens is 1. The summed E-state index contributed by atoms with van der Waals surface area (Å²) in [5, 5.41) is 10.9. The van der Waals surface area contributed by atoms with Crippen molar-refractivity contribution in [3.05, 3.63) is 58.7 Å². The molecule has 0 spiro atoms. The van der Waals surface area contributed by atoms with E-state index >= 15 is 0 Å². The number of nitriles is 1. The van der Waals surface area contributed by atoms with Crippen LogP contribution in [0.1, 0.15) is 49.1 Å². The Bertz CT molecular complexity index is 1070. The Morgan fingerprint density at radius 3 is 2.47 bits per heavy atom. The van der Waals surface area contributed by atoms with E-state index < -0.39 is 0 Å². The minimum atomic E-state index is 0.519. The molecule has 2 aliphatic heterocycles. The molecule has 0 radical (unpaired) electrons. The van der Waals surface area contributed by atoms with Gasteiger partial charge in [-0.2, -0.15) is 5.26 Å². The van der Waals surface area contributed by atoms with Crippen LogP contribution in [0.25, 0.3) is 10.9 Å². The third-order valence-corrected chi connectivity index (χ3v) is 7.05. The van der Waals surface area contributed by atoms with Crippen LogP contribution >= 0.6 is 11.6 Å². The second kappa shape index (κ2) is 8.24. The summed E-state index contributed by atoms with van der Waals surface area (Å²) >= 11 is 6.40. The fourth-order valence-corrected chi connectivity index (χ4v) is 5.38. The second-order valence-corrected chi connectivity index (χ2v) is 8.96. The van der Waals surface area contributed by atoms with Gasteiger partial charge in [0, 0.05) is 49.4 Å². The average molecular weight is 419 g/mol. The molecule has 30 heavy (non-hydrogen) atoms. The highest BCUT2D eigenvalue weighted by molar-refractivity contribution is 6.36. The lowest BCUT2D eigenvalue weighted by molar-refractivity contribution is 0.511. The molecule has 4 nitrogen and oxygen atoms in total. The van der Waals surface area contributed by atoms with Crippen LogP contribution in [0.15, 0.2) is 42.6 Å². The largest absolute Gasteiger partial charge is 0.372 e. The molecule has 0 unspecified atom stereocenters. The summed E-state index contributed by atoms with van der Waals surface area (Å²) in [7, 11) is 0. The number of nitrogens with one attached hydrogen (secondary N) is 1. The fourth-order valence-electron chi connectivity index (χ4n) is 5.12. The van der Waals surface area contributed by atoms with Crippen molar-refractivity contribution in [3.8, 4) is 6.07 Å². The molecule has 2 saturated heterocycles. The van der Waals surface area contributed by atoms with Crippen LogP contribution in [-0.4, -0.2) is 31.2 Å². The Balaban J connectivity index is 1.38. The third kappa shape index (κ3) is 3.52. The minimum absolute atomic E-state index is 0.519. The summed E-state index contributed by atoms with van der Waals surface area (Å²) in [4.78, 5) is 8.25. The van der Waals surface area contributed by atoms with Gasteiger partial charge in [-0.05, 0) is 61.9 Å². The van der Waals surface area contributed by atoms with Gasteiger partial charge in [-0.3, -0.25) is 0 Å². The number of nitrogens with zero attached hydrogens (tertiary/aromatic N) is 3. The van der Waals surface area contributed by atoms with Gasteiger partial charge in [0.05, 0.1) is 21.8 Å². The molecule has 1 N–H and O–H groups in total. The highest BCUT2D eigenvalue weighted by Gasteiger charge is 2.24. The molecule has 1 aromatic heterocycles. The molecule has 5 heteroatoms. The summed E-state index contributed by atoms with van der Waals surface area (Å²) in [6.07, 6.45) is 8.11. The highest BCUT2D eigenvalue weighted by Crippen LogP contribution is 2.37. The van der Waals surface area contributed by atoms with Gasteiger partial charge >= 0.3 is 0 Å². The average Bonchev–Trinajstić information content (AvgIpc) is 3.25. The maximum absolute atomic E-state index is 9.41. The van der Waals surface area contributed by atoms with E-state index in [0.717, 1.165) is 36.1 Å². The molecule has 154 valence electrons. The SMILES string of the molecule is N#Cc1c[nH]c2c(N3CCC[C@@H](c4ccc(N5CCCCC5)cc4)C3)ccc(Cl)c12. The monoisotopic (exact) mass is 418 g/mol.